The van der Waals surface area contributed by atoms with E-state index in [0.717, 1.165) is 22.0 Å². The van der Waals surface area contributed by atoms with E-state index >= 15 is 0 Å². The summed E-state index contributed by atoms with van der Waals surface area (Å²) in [5, 5.41) is 2.97. The summed E-state index contributed by atoms with van der Waals surface area (Å²) in [6, 6.07) is 3.86. The van der Waals surface area contributed by atoms with E-state index in [1.807, 2.05) is 19.1 Å². The molecule has 3 heteroatoms. The van der Waals surface area contributed by atoms with Gasteiger partial charge in [-0.1, -0.05) is 0 Å². The van der Waals surface area contributed by atoms with E-state index in [2.05, 4.69) is 21.2 Å². The van der Waals surface area contributed by atoms with Gasteiger partial charge < -0.3 is 5.32 Å². The maximum atomic E-state index is 10.6. The smallest absolute Gasteiger partial charge is 0.153 e. The van der Waals surface area contributed by atoms with Crippen molar-refractivity contribution in [2.75, 3.05) is 12.4 Å². The van der Waals surface area contributed by atoms with Crippen LogP contribution in [0.4, 0.5) is 5.69 Å². The quantitative estimate of drug-likeness (QED) is 0.788. The van der Waals surface area contributed by atoms with Crippen LogP contribution in [0.25, 0.3) is 0 Å². The first-order valence-corrected chi connectivity index (χ1v) is 4.41. The van der Waals surface area contributed by atoms with E-state index in [-0.39, 0.29) is 0 Å². The van der Waals surface area contributed by atoms with Crippen molar-refractivity contribution in [2.45, 2.75) is 6.92 Å². The van der Waals surface area contributed by atoms with Crippen LogP contribution in [0, 0.1) is 6.92 Å². The van der Waals surface area contributed by atoms with Gasteiger partial charge in [-0.2, -0.15) is 0 Å². The highest BCUT2D eigenvalue weighted by Crippen LogP contribution is 2.24. The van der Waals surface area contributed by atoms with Gasteiger partial charge in [-0.15, -0.1) is 0 Å². The number of aryl methyl sites for hydroxylation is 1. The van der Waals surface area contributed by atoms with Gasteiger partial charge in [0.05, 0.1) is 5.56 Å². The fourth-order valence-corrected chi connectivity index (χ4v) is 1.75. The highest BCUT2D eigenvalue weighted by molar-refractivity contribution is 9.10. The van der Waals surface area contributed by atoms with Gasteiger partial charge in [0.15, 0.2) is 6.29 Å². The number of halogens is 1. The molecule has 0 saturated carbocycles. The molecule has 0 aliphatic rings. The molecule has 0 unspecified atom stereocenters. The largest absolute Gasteiger partial charge is 0.388 e. The molecule has 0 aliphatic heterocycles. The van der Waals surface area contributed by atoms with Gasteiger partial charge in [-0.25, -0.2) is 0 Å². The Kier molecular flexibility index (Phi) is 2.87. The number of nitrogens with one attached hydrogen (secondary N) is 1. The second-order valence-electron chi connectivity index (χ2n) is 2.58. The van der Waals surface area contributed by atoms with Crippen LogP contribution < -0.4 is 5.32 Å². The minimum Gasteiger partial charge on any atom is -0.388 e. The average molecular weight is 228 g/mol. The lowest BCUT2D eigenvalue weighted by molar-refractivity contribution is 0.112. The maximum Gasteiger partial charge on any atom is 0.153 e. The minimum absolute atomic E-state index is 0.670. The summed E-state index contributed by atoms with van der Waals surface area (Å²) in [4.78, 5) is 10.6. The van der Waals surface area contributed by atoms with Crippen molar-refractivity contribution >= 4 is 27.9 Å². The summed E-state index contributed by atoms with van der Waals surface area (Å²) in [7, 11) is 1.80. The molecule has 0 heterocycles. The number of rotatable bonds is 2. The van der Waals surface area contributed by atoms with Gasteiger partial charge in [0.2, 0.25) is 0 Å². The predicted octanol–water partition coefficient (Wildman–Crippen LogP) is 2.61. The van der Waals surface area contributed by atoms with Crippen LogP contribution in [0.1, 0.15) is 15.9 Å². The third-order valence-electron chi connectivity index (χ3n) is 1.66. The van der Waals surface area contributed by atoms with E-state index in [4.69, 9.17) is 0 Å². The Morgan fingerprint density at radius 1 is 1.50 bits per heavy atom. The van der Waals surface area contributed by atoms with Crippen LogP contribution in [0.5, 0.6) is 0 Å². The molecule has 0 radical (unpaired) electrons. The Bertz CT molecular complexity index is 310. The molecule has 0 spiro atoms. The number of carbonyl (C=O) groups excluding carboxylic acids is 1. The predicted molar refractivity (Wildman–Crippen MR) is 53.8 cm³/mol. The summed E-state index contributed by atoms with van der Waals surface area (Å²) >= 11 is 3.33. The number of benzene rings is 1. The molecule has 0 fully saturated rings. The van der Waals surface area contributed by atoms with Gasteiger partial charge in [0.25, 0.3) is 0 Å². The molecule has 0 amide bonds. The molecule has 64 valence electrons. The average Bonchev–Trinajstić information content (AvgIpc) is 2.03. The zero-order valence-corrected chi connectivity index (χ0v) is 8.60. The minimum atomic E-state index is 0.670. The molecule has 0 atom stereocenters. The molecular formula is C9H10BrNO. The van der Waals surface area contributed by atoms with E-state index in [1.54, 1.807) is 7.05 Å². The fraction of sp³-hybridized carbons (Fsp3) is 0.222. The van der Waals surface area contributed by atoms with Gasteiger partial charge >= 0.3 is 0 Å². The number of hydrogen-bond donors (Lipinski definition) is 1. The number of hydrogen-bond acceptors (Lipinski definition) is 2. The molecule has 1 rings (SSSR count). The van der Waals surface area contributed by atoms with E-state index in [1.165, 1.54) is 0 Å². The molecule has 12 heavy (non-hydrogen) atoms. The standard InChI is InChI=1S/C9H10BrNO/c1-6-3-8(10)7(5-12)9(4-6)11-2/h3-5,11H,1-2H3. The van der Waals surface area contributed by atoms with Crippen LogP contribution in [-0.2, 0) is 0 Å². The molecule has 0 aliphatic carbocycles. The van der Waals surface area contributed by atoms with Crippen LogP contribution in [-0.4, -0.2) is 13.3 Å². The summed E-state index contributed by atoms with van der Waals surface area (Å²) in [5.74, 6) is 0. The summed E-state index contributed by atoms with van der Waals surface area (Å²) < 4.78 is 0.835. The second-order valence-corrected chi connectivity index (χ2v) is 3.43. The van der Waals surface area contributed by atoms with E-state index in [0.29, 0.717) is 5.56 Å². The summed E-state index contributed by atoms with van der Waals surface area (Å²) in [6.07, 6.45) is 0.843. The van der Waals surface area contributed by atoms with Crippen LogP contribution in [0.15, 0.2) is 16.6 Å². The Balaban J connectivity index is 3.33. The molecule has 0 saturated heterocycles. The van der Waals surface area contributed by atoms with E-state index in [9.17, 15) is 4.79 Å². The Labute approximate surface area is 80.1 Å². The third-order valence-corrected chi connectivity index (χ3v) is 2.32. The van der Waals surface area contributed by atoms with E-state index < -0.39 is 0 Å². The van der Waals surface area contributed by atoms with Crippen LogP contribution in [0.2, 0.25) is 0 Å². The maximum absolute atomic E-state index is 10.6. The Morgan fingerprint density at radius 2 is 2.17 bits per heavy atom. The first-order chi connectivity index (χ1) is 5.69. The topological polar surface area (TPSA) is 29.1 Å². The van der Waals surface area contributed by atoms with Gasteiger partial charge in [-0.3, -0.25) is 4.79 Å². The molecule has 2 nitrogen and oxygen atoms in total. The van der Waals surface area contributed by atoms with Gasteiger partial charge in [-0.05, 0) is 40.5 Å². The first kappa shape index (κ1) is 9.26. The number of anilines is 1. The first-order valence-electron chi connectivity index (χ1n) is 3.62. The zero-order chi connectivity index (χ0) is 9.14. The lowest BCUT2D eigenvalue weighted by atomic mass is 10.1. The molecule has 0 bridgehead atoms. The van der Waals surface area contributed by atoms with Crippen LogP contribution in [0.3, 0.4) is 0 Å². The van der Waals surface area contributed by atoms with Crippen molar-refractivity contribution in [3.05, 3.63) is 27.7 Å². The fourth-order valence-electron chi connectivity index (χ4n) is 1.08. The van der Waals surface area contributed by atoms with Gasteiger partial charge in [0, 0.05) is 17.2 Å². The number of carbonyl (C=O) groups is 1. The normalized spacial score (nSPS) is 9.58. The van der Waals surface area contributed by atoms with Crippen molar-refractivity contribution in [2.24, 2.45) is 0 Å². The highest BCUT2D eigenvalue weighted by Gasteiger charge is 2.04. The zero-order valence-electron chi connectivity index (χ0n) is 7.02. The Morgan fingerprint density at radius 3 is 2.67 bits per heavy atom. The monoisotopic (exact) mass is 227 g/mol. The summed E-state index contributed by atoms with van der Waals surface area (Å²) in [5.41, 5.74) is 2.65. The van der Waals surface area contributed by atoms with Crippen LogP contribution >= 0.6 is 15.9 Å². The van der Waals surface area contributed by atoms with Crippen molar-refractivity contribution in [3.8, 4) is 0 Å². The van der Waals surface area contributed by atoms with Gasteiger partial charge in [0.1, 0.15) is 0 Å². The summed E-state index contributed by atoms with van der Waals surface area (Å²) in [6.45, 7) is 1.99. The molecule has 1 aromatic carbocycles. The lowest BCUT2D eigenvalue weighted by Gasteiger charge is -2.06. The molecular weight excluding hydrogens is 218 g/mol. The SMILES string of the molecule is CNc1cc(C)cc(Br)c1C=O. The molecule has 1 aromatic rings. The molecule has 0 aromatic heterocycles. The van der Waals surface area contributed by atoms with Crippen molar-refractivity contribution in [1.29, 1.82) is 0 Å². The number of aldehydes is 1. The van der Waals surface area contributed by atoms with Crippen molar-refractivity contribution < 1.29 is 4.79 Å². The van der Waals surface area contributed by atoms with Crippen molar-refractivity contribution in [3.63, 3.8) is 0 Å². The Hall–Kier alpha value is -0.830. The highest BCUT2D eigenvalue weighted by atomic mass is 79.9. The third kappa shape index (κ3) is 1.67. The van der Waals surface area contributed by atoms with Crippen molar-refractivity contribution in [1.82, 2.24) is 0 Å². The second kappa shape index (κ2) is 3.72. The molecule has 1 N–H and O–H groups in total. The lowest BCUT2D eigenvalue weighted by Crippen LogP contribution is -1.96.